The van der Waals surface area contributed by atoms with E-state index in [9.17, 15) is 9.59 Å². The van der Waals surface area contributed by atoms with Crippen LogP contribution in [0.1, 0.15) is 45.4 Å². The number of allylic oxidation sites excluding steroid dienone is 1. The highest BCUT2D eigenvalue weighted by Crippen LogP contribution is 2.09. The summed E-state index contributed by atoms with van der Waals surface area (Å²) in [5.41, 5.74) is 0. The van der Waals surface area contributed by atoms with Crippen LogP contribution in [0.4, 0.5) is 0 Å². The second kappa shape index (κ2) is 9.53. The Hall–Kier alpha value is -1.36. The van der Waals surface area contributed by atoms with Crippen LogP contribution in [-0.4, -0.2) is 47.7 Å². The lowest BCUT2D eigenvalue weighted by molar-refractivity contribution is -0.156. The van der Waals surface area contributed by atoms with E-state index < -0.39 is 12.0 Å². The Morgan fingerprint density at radius 3 is 2.75 bits per heavy atom. The molecule has 1 aliphatic rings. The van der Waals surface area contributed by atoms with E-state index in [0.29, 0.717) is 13.2 Å². The number of hydrogen-bond acceptors (Lipinski definition) is 3. The van der Waals surface area contributed by atoms with Crippen LogP contribution in [-0.2, 0) is 14.3 Å². The molecule has 20 heavy (non-hydrogen) atoms. The number of ether oxygens (including phenoxy) is 1. The molecule has 0 aliphatic carbocycles. The summed E-state index contributed by atoms with van der Waals surface area (Å²) in [6.07, 6.45) is 10.2. The molecule has 0 aromatic heterocycles. The second-order valence-electron chi connectivity index (χ2n) is 5.07. The minimum atomic E-state index is -1.01. The molecule has 1 atom stereocenters. The SMILES string of the molecule is CCCCCCC/C=C/C(=O)N1CCOCC1C(=O)O. The van der Waals surface area contributed by atoms with Crippen molar-refractivity contribution in [2.75, 3.05) is 19.8 Å². The van der Waals surface area contributed by atoms with Crippen molar-refractivity contribution in [1.29, 1.82) is 0 Å². The molecule has 0 radical (unpaired) electrons. The van der Waals surface area contributed by atoms with E-state index in [4.69, 9.17) is 9.84 Å². The molecular formula is C15H25NO4. The molecule has 0 saturated carbocycles. The number of rotatable bonds is 8. The van der Waals surface area contributed by atoms with Gasteiger partial charge in [0.05, 0.1) is 13.2 Å². The molecule has 1 amide bonds. The van der Waals surface area contributed by atoms with Crippen LogP contribution < -0.4 is 0 Å². The van der Waals surface area contributed by atoms with Crippen molar-refractivity contribution in [2.24, 2.45) is 0 Å². The molecule has 1 saturated heterocycles. The summed E-state index contributed by atoms with van der Waals surface area (Å²) in [5.74, 6) is -1.24. The second-order valence-corrected chi connectivity index (χ2v) is 5.07. The zero-order valence-corrected chi connectivity index (χ0v) is 12.2. The predicted octanol–water partition coefficient (Wildman–Crippen LogP) is 2.22. The van der Waals surface area contributed by atoms with Crippen LogP contribution >= 0.6 is 0 Å². The van der Waals surface area contributed by atoms with Gasteiger partial charge in [0.15, 0.2) is 6.04 Å². The third kappa shape index (κ3) is 5.74. The van der Waals surface area contributed by atoms with Gasteiger partial charge in [0.25, 0.3) is 0 Å². The fourth-order valence-electron chi connectivity index (χ4n) is 2.22. The highest BCUT2D eigenvalue weighted by molar-refractivity contribution is 5.91. The van der Waals surface area contributed by atoms with Gasteiger partial charge in [-0.05, 0) is 18.9 Å². The molecule has 1 aliphatic heterocycles. The Labute approximate surface area is 120 Å². The first-order valence-corrected chi connectivity index (χ1v) is 7.44. The van der Waals surface area contributed by atoms with Crippen molar-refractivity contribution < 1.29 is 19.4 Å². The van der Waals surface area contributed by atoms with Crippen LogP contribution in [0.25, 0.3) is 0 Å². The fourth-order valence-corrected chi connectivity index (χ4v) is 2.22. The first kappa shape index (κ1) is 16.7. The van der Waals surface area contributed by atoms with Gasteiger partial charge in [0.2, 0.25) is 5.91 Å². The molecule has 5 heteroatoms. The van der Waals surface area contributed by atoms with Crippen LogP contribution in [0.5, 0.6) is 0 Å². The number of morpholine rings is 1. The number of unbranched alkanes of at least 4 members (excludes halogenated alkanes) is 5. The monoisotopic (exact) mass is 283 g/mol. The Balaban J connectivity index is 2.31. The molecule has 1 unspecified atom stereocenters. The summed E-state index contributed by atoms with van der Waals surface area (Å²) in [6.45, 7) is 3.00. The molecular weight excluding hydrogens is 258 g/mol. The van der Waals surface area contributed by atoms with Gasteiger partial charge in [-0.15, -0.1) is 0 Å². The normalized spacial score (nSPS) is 19.4. The molecule has 5 nitrogen and oxygen atoms in total. The van der Waals surface area contributed by atoms with Crippen molar-refractivity contribution in [2.45, 2.75) is 51.5 Å². The van der Waals surface area contributed by atoms with Gasteiger partial charge in [-0.25, -0.2) is 4.79 Å². The summed E-state index contributed by atoms with van der Waals surface area (Å²) in [5, 5.41) is 9.05. The van der Waals surface area contributed by atoms with E-state index in [1.165, 1.54) is 36.7 Å². The van der Waals surface area contributed by atoms with Gasteiger partial charge in [0.1, 0.15) is 0 Å². The summed E-state index contributed by atoms with van der Waals surface area (Å²) in [7, 11) is 0. The van der Waals surface area contributed by atoms with Crippen LogP contribution in [0, 0.1) is 0 Å². The number of carboxylic acid groups (broad SMARTS) is 1. The summed E-state index contributed by atoms with van der Waals surface area (Å²) in [6, 6.07) is -0.856. The number of carboxylic acids is 1. The van der Waals surface area contributed by atoms with Crippen molar-refractivity contribution in [3.8, 4) is 0 Å². The molecule has 0 spiro atoms. The maximum absolute atomic E-state index is 12.0. The molecule has 1 N–H and O–H groups in total. The van der Waals surface area contributed by atoms with Gasteiger partial charge < -0.3 is 14.7 Å². The number of amides is 1. The van der Waals surface area contributed by atoms with Crippen LogP contribution in [0.2, 0.25) is 0 Å². The average Bonchev–Trinajstić information content (AvgIpc) is 2.46. The zero-order valence-electron chi connectivity index (χ0n) is 12.2. The standard InChI is InChI=1S/C15H25NO4/c1-2-3-4-5-6-7-8-9-14(17)16-10-11-20-12-13(16)15(18)19/h8-9,13H,2-7,10-12H2,1H3,(H,18,19)/b9-8+. The minimum absolute atomic E-state index is 0.0753. The number of carbonyl (C=O) groups excluding carboxylic acids is 1. The molecule has 0 aromatic carbocycles. The van der Waals surface area contributed by atoms with Gasteiger partial charge in [-0.3, -0.25) is 4.79 Å². The van der Waals surface area contributed by atoms with E-state index in [2.05, 4.69) is 6.92 Å². The van der Waals surface area contributed by atoms with Gasteiger partial charge in [0, 0.05) is 6.54 Å². The maximum Gasteiger partial charge on any atom is 0.328 e. The van der Waals surface area contributed by atoms with Gasteiger partial charge >= 0.3 is 5.97 Å². The third-order valence-electron chi connectivity index (χ3n) is 3.43. The molecule has 0 aromatic rings. The Kier molecular flexibility index (Phi) is 7.95. The lowest BCUT2D eigenvalue weighted by atomic mass is 10.1. The summed E-state index contributed by atoms with van der Waals surface area (Å²) in [4.78, 5) is 24.4. The molecule has 1 fully saturated rings. The highest BCUT2D eigenvalue weighted by Gasteiger charge is 2.31. The molecule has 1 heterocycles. The van der Waals surface area contributed by atoms with E-state index in [1.807, 2.05) is 6.08 Å². The van der Waals surface area contributed by atoms with E-state index in [0.717, 1.165) is 12.8 Å². The molecule has 1 rings (SSSR count). The van der Waals surface area contributed by atoms with E-state index >= 15 is 0 Å². The Morgan fingerprint density at radius 1 is 1.30 bits per heavy atom. The van der Waals surface area contributed by atoms with E-state index in [1.54, 1.807) is 0 Å². The summed E-state index contributed by atoms with van der Waals surface area (Å²) < 4.78 is 5.11. The number of hydrogen-bond donors (Lipinski definition) is 1. The Bertz CT molecular complexity index is 341. The first-order valence-electron chi connectivity index (χ1n) is 7.44. The quantitative estimate of drug-likeness (QED) is 0.548. The van der Waals surface area contributed by atoms with Crippen molar-refractivity contribution in [3.63, 3.8) is 0 Å². The fraction of sp³-hybridized carbons (Fsp3) is 0.733. The highest BCUT2D eigenvalue weighted by atomic mass is 16.5. The van der Waals surface area contributed by atoms with E-state index in [-0.39, 0.29) is 12.5 Å². The molecule has 0 bridgehead atoms. The number of nitrogens with zero attached hydrogens (tertiary/aromatic N) is 1. The topological polar surface area (TPSA) is 66.8 Å². The smallest absolute Gasteiger partial charge is 0.328 e. The number of aliphatic carboxylic acids is 1. The summed E-state index contributed by atoms with van der Waals surface area (Å²) >= 11 is 0. The van der Waals surface area contributed by atoms with Crippen molar-refractivity contribution in [3.05, 3.63) is 12.2 Å². The lowest BCUT2D eigenvalue weighted by Crippen LogP contribution is -2.52. The number of carbonyl (C=O) groups is 2. The molecule has 114 valence electrons. The van der Waals surface area contributed by atoms with Gasteiger partial charge in [-0.1, -0.05) is 38.7 Å². The third-order valence-corrected chi connectivity index (χ3v) is 3.43. The van der Waals surface area contributed by atoms with Gasteiger partial charge in [-0.2, -0.15) is 0 Å². The largest absolute Gasteiger partial charge is 0.480 e. The first-order chi connectivity index (χ1) is 9.66. The van der Waals surface area contributed by atoms with Crippen molar-refractivity contribution >= 4 is 11.9 Å². The zero-order chi connectivity index (χ0) is 14.8. The Morgan fingerprint density at radius 2 is 2.05 bits per heavy atom. The lowest BCUT2D eigenvalue weighted by Gasteiger charge is -2.32. The van der Waals surface area contributed by atoms with Crippen LogP contribution in [0.3, 0.4) is 0 Å². The average molecular weight is 283 g/mol. The predicted molar refractivity (Wildman–Crippen MR) is 76.5 cm³/mol. The van der Waals surface area contributed by atoms with Crippen molar-refractivity contribution in [1.82, 2.24) is 4.90 Å². The maximum atomic E-state index is 12.0. The van der Waals surface area contributed by atoms with Crippen LogP contribution in [0.15, 0.2) is 12.2 Å². The minimum Gasteiger partial charge on any atom is -0.480 e.